The van der Waals surface area contributed by atoms with Crippen molar-refractivity contribution in [3.8, 4) is 0 Å². The Labute approximate surface area is 65.4 Å². The fourth-order valence-corrected chi connectivity index (χ4v) is 1.19. The van der Waals surface area contributed by atoms with Crippen LogP contribution in [0.1, 0.15) is 6.42 Å². The van der Waals surface area contributed by atoms with Gasteiger partial charge in [-0.2, -0.15) is 0 Å². The van der Waals surface area contributed by atoms with Gasteiger partial charge in [0, 0.05) is 12.4 Å². The van der Waals surface area contributed by atoms with Gasteiger partial charge in [0.05, 0.1) is 0 Å². The molecule has 0 aliphatic heterocycles. The highest BCUT2D eigenvalue weighted by molar-refractivity contribution is 5.43. The number of fused-ring (bicyclic) bond motifs is 1. The van der Waals surface area contributed by atoms with Crippen LogP contribution < -0.4 is 10.4 Å². The lowest BCUT2D eigenvalue weighted by Gasteiger charge is -1.84. The Balaban J connectivity index is 2.81. The van der Waals surface area contributed by atoms with Crippen LogP contribution in [0.4, 0.5) is 0 Å². The van der Waals surface area contributed by atoms with E-state index in [2.05, 4.69) is 29.3 Å². The van der Waals surface area contributed by atoms with Gasteiger partial charge in [-0.25, -0.2) is 0 Å². The van der Waals surface area contributed by atoms with Gasteiger partial charge in [0.15, 0.2) is 0 Å². The molecule has 0 N–H and O–H groups in total. The minimum atomic E-state index is 1.02. The first-order chi connectivity index (χ1) is 5.47. The fraction of sp³-hybridized carbons (Fsp3) is 0.100. The van der Waals surface area contributed by atoms with E-state index in [1.54, 1.807) is 0 Å². The number of rotatable bonds is 0. The van der Waals surface area contributed by atoms with Crippen LogP contribution in [0.2, 0.25) is 0 Å². The summed E-state index contributed by atoms with van der Waals surface area (Å²) in [5.41, 5.74) is 0. The quantitative estimate of drug-likeness (QED) is 0.518. The van der Waals surface area contributed by atoms with E-state index in [4.69, 9.17) is 0 Å². The summed E-state index contributed by atoms with van der Waals surface area (Å²) in [6.45, 7) is 0. The summed E-state index contributed by atoms with van der Waals surface area (Å²) in [5.74, 6) is 0. The van der Waals surface area contributed by atoms with Crippen molar-refractivity contribution in [2.75, 3.05) is 0 Å². The molecule has 0 radical (unpaired) electrons. The van der Waals surface area contributed by atoms with E-state index in [1.807, 2.05) is 18.5 Å². The van der Waals surface area contributed by atoms with Gasteiger partial charge in [0.1, 0.15) is 0 Å². The van der Waals surface area contributed by atoms with E-state index in [1.165, 1.54) is 10.4 Å². The smallest absolute Gasteiger partial charge is 0.0346 e. The summed E-state index contributed by atoms with van der Waals surface area (Å²) >= 11 is 0. The number of aromatic nitrogens is 1. The summed E-state index contributed by atoms with van der Waals surface area (Å²) in [5, 5.41) is 2.49. The Morgan fingerprint density at radius 3 is 3.27 bits per heavy atom. The SMILES string of the molecule is C1=CCC=c2ccncc2=C1. The van der Waals surface area contributed by atoms with Crippen LogP contribution in [-0.2, 0) is 0 Å². The average Bonchev–Trinajstić information content (AvgIpc) is 2.28. The van der Waals surface area contributed by atoms with E-state index in [-0.39, 0.29) is 0 Å². The first kappa shape index (κ1) is 6.35. The average molecular weight is 143 g/mol. The molecule has 1 aliphatic carbocycles. The number of allylic oxidation sites excluding steroid dienone is 2. The molecule has 0 amide bonds. The number of hydrogen-bond acceptors (Lipinski definition) is 1. The second kappa shape index (κ2) is 2.70. The molecule has 0 saturated heterocycles. The van der Waals surface area contributed by atoms with Gasteiger partial charge < -0.3 is 0 Å². The maximum atomic E-state index is 4.05. The van der Waals surface area contributed by atoms with E-state index in [0.29, 0.717) is 0 Å². The Bertz CT molecular complexity index is 388. The van der Waals surface area contributed by atoms with Crippen LogP contribution >= 0.6 is 0 Å². The van der Waals surface area contributed by atoms with E-state index in [0.717, 1.165) is 6.42 Å². The van der Waals surface area contributed by atoms with Crippen molar-refractivity contribution >= 4 is 12.2 Å². The molecule has 0 atom stereocenters. The summed E-state index contributed by atoms with van der Waals surface area (Å²) in [6, 6.07) is 2.04. The minimum Gasteiger partial charge on any atom is -0.264 e. The largest absolute Gasteiger partial charge is 0.264 e. The summed E-state index contributed by atoms with van der Waals surface area (Å²) in [7, 11) is 0. The molecule has 54 valence electrons. The highest BCUT2D eigenvalue weighted by Crippen LogP contribution is 1.87. The molecule has 2 rings (SSSR count). The maximum Gasteiger partial charge on any atom is 0.0346 e. The Hall–Kier alpha value is -1.37. The highest BCUT2D eigenvalue weighted by atomic mass is 14.6. The van der Waals surface area contributed by atoms with Crippen LogP contribution in [0, 0.1) is 0 Å². The van der Waals surface area contributed by atoms with Crippen molar-refractivity contribution in [1.29, 1.82) is 0 Å². The third-order valence-corrected chi connectivity index (χ3v) is 1.77. The predicted molar refractivity (Wildman–Crippen MR) is 46.2 cm³/mol. The zero-order valence-electron chi connectivity index (χ0n) is 6.20. The first-order valence-electron chi connectivity index (χ1n) is 3.74. The van der Waals surface area contributed by atoms with Crippen LogP contribution in [0.25, 0.3) is 12.2 Å². The van der Waals surface area contributed by atoms with Crippen molar-refractivity contribution in [3.05, 3.63) is 41.0 Å². The minimum absolute atomic E-state index is 1.02. The van der Waals surface area contributed by atoms with E-state index in [9.17, 15) is 0 Å². The molecule has 0 saturated carbocycles. The third-order valence-electron chi connectivity index (χ3n) is 1.77. The standard InChI is InChI=1S/C10H9N/c1-2-4-9-6-7-11-8-10(9)5-3-1/h1,3-8H,2H2. The van der Waals surface area contributed by atoms with Crippen molar-refractivity contribution in [3.63, 3.8) is 0 Å². The number of pyridine rings is 1. The van der Waals surface area contributed by atoms with Crippen LogP contribution in [0.5, 0.6) is 0 Å². The monoisotopic (exact) mass is 143 g/mol. The number of nitrogens with zero attached hydrogens (tertiary/aromatic N) is 1. The molecule has 1 aromatic heterocycles. The molecule has 0 aromatic carbocycles. The van der Waals surface area contributed by atoms with Crippen molar-refractivity contribution < 1.29 is 0 Å². The lowest BCUT2D eigenvalue weighted by molar-refractivity contribution is 1.27. The van der Waals surface area contributed by atoms with Gasteiger partial charge in [0.2, 0.25) is 0 Å². The van der Waals surface area contributed by atoms with Crippen molar-refractivity contribution in [1.82, 2.24) is 4.98 Å². The van der Waals surface area contributed by atoms with Gasteiger partial charge in [-0.15, -0.1) is 0 Å². The first-order valence-corrected chi connectivity index (χ1v) is 3.74. The molecule has 0 bridgehead atoms. The maximum absolute atomic E-state index is 4.05. The molecule has 1 nitrogen and oxygen atoms in total. The summed E-state index contributed by atoms with van der Waals surface area (Å²) in [6.07, 6.45) is 13.2. The normalized spacial score (nSPS) is 14.2. The van der Waals surface area contributed by atoms with Gasteiger partial charge in [-0.1, -0.05) is 24.3 Å². The second-order valence-corrected chi connectivity index (χ2v) is 2.54. The molecule has 11 heavy (non-hydrogen) atoms. The van der Waals surface area contributed by atoms with Crippen LogP contribution in [-0.4, -0.2) is 4.98 Å². The topological polar surface area (TPSA) is 12.9 Å². The van der Waals surface area contributed by atoms with Crippen molar-refractivity contribution in [2.24, 2.45) is 0 Å². The highest BCUT2D eigenvalue weighted by Gasteiger charge is 1.85. The predicted octanol–water partition coefficient (Wildman–Crippen LogP) is 0.602. The van der Waals surface area contributed by atoms with Gasteiger partial charge in [-0.05, 0) is 22.9 Å². The summed E-state index contributed by atoms with van der Waals surface area (Å²) < 4.78 is 0. The Morgan fingerprint density at radius 2 is 2.27 bits per heavy atom. The molecule has 1 heteroatoms. The molecule has 0 fully saturated rings. The Morgan fingerprint density at radius 1 is 1.27 bits per heavy atom. The molecule has 0 spiro atoms. The summed E-state index contributed by atoms with van der Waals surface area (Å²) in [4.78, 5) is 4.05. The second-order valence-electron chi connectivity index (χ2n) is 2.54. The fourth-order valence-electron chi connectivity index (χ4n) is 1.19. The Kier molecular flexibility index (Phi) is 1.56. The molecular formula is C10H9N. The van der Waals surface area contributed by atoms with Gasteiger partial charge in [0.25, 0.3) is 0 Å². The van der Waals surface area contributed by atoms with Gasteiger partial charge in [-0.3, -0.25) is 4.98 Å². The van der Waals surface area contributed by atoms with Crippen LogP contribution in [0.15, 0.2) is 30.6 Å². The molecular weight excluding hydrogens is 134 g/mol. The third kappa shape index (κ3) is 1.22. The van der Waals surface area contributed by atoms with E-state index < -0.39 is 0 Å². The van der Waals surface area contributed by atoms with Crippen LogP contribution in [0.3, 0.4) is 0 Å². The lowest BCUT2D eigenvalue weighted by atomic mass is 10.3. The zero-order valence-corrected chi connectivity index (χ0v) is 6.20. The number of hydrogen-bond donors (Lipinski definition) is 0. The van der Waals surface area contributed by atoms with E-state index >= 15 is 0 Å². The molecule has 0 unspecified atom stereocenters. The van der Waals surface area contributed by atoms with Gasteiger partial charge >= 0.3 is 0 Å². The molecule has 1 aromatic rings. The molecule has 1 aliphatic rings. The zero-order chi connectivity index (χ0) is 7.52. The van der Waals surface area contributed by atoms with Crippen molar-refractivity contribution in [2.45, 2.75) is 6.42 Å². The lowest BCUT2D eigenvalue weighted by Crippen LogP contribution is -2.23. The molecule has 1 heterocycles.